The van der Waals surface area contributed by atoms with Crippen molar-refractivity contribution in [3.63, 3.8) is 0 Å². The molecule has 0 saturated carbocycles. The van der Waals surface area contributed by atoms with Gasteiger partial charge < -0.3 is 20.0 Å². The maximum atomic E-state index is 11.7. The Balaban J connectivity index is -0.000000513. The standard InChI is InChI=1S/C20H38O4.Na.H2O3S.H/c1-5-9-11-17(7-3)15-23-19(21)13-14-20(22)24-16-18(8-4)12-10-6-2;;1-4(2)3;/h17-18H,5-16H2,1-4H3;;(H2,1,2,3);/q;+1;;-1/p-1. The number of carbonyl (C=O) groups excluding carboxylic acids is 2. The van der Waals surface area contributed by atoms with Crippen molar-refractivity contribution in [2.75, 3.05) is 13.2 Å². The number of hydrogen-bond donors (Lipinski definition) is 1. The molecule has 3 atom stereocenters. The molecular weight excluding hydrogens is 407 g/mol. The summed E-state index contributed by atoms with van der Waals surface area (Å²) in [4.78, 5) is 23.5. The molecule has 0 spiro atoms. The molecule has 29 heavy (non-hydrogen) atoms. The van der Waals surface area contributed by atoms with Crippen LogP contribution in [0.25, 0.3) is 0 Å². The molecule has 7 nitrogen and oxygen atoms in total. The third-order valence-electron chi connectivity index (χ3n) is 4.58. The second-order valence-electron chi connectivity index (χ2n) is 6.92. The maximum Gasteiger partial charge on any atom is 1.00 e. The van der Waals surface area contributed by atoms with E-state index in [1.165, 1.54) is 12.8 Å². The predicted molar refractivity (Wildman–Crippen MR) is 110 cm³/mol. The predicted octanol–water partition coefficient (Wildman–Crippen LogP) is 1.74. The molecule has 0 rings (SSSR count). The fraction of sp³-hybridized carbons (Fsp3) is 0.900. The molecule has 170 valence electrons. The number of esters is 2. The molecule has 0 aromatic rings. The molecule has 1 N–H and O–H groups in total. The molecule has 0 radical (unpaired) electrons. The Morgan fingerprint density at radius 2 is 1.21 bits per heavy atom. The number of carbonyl (C=O) groups is 2. The van der Waals surface area contributed by atoms with E-state index in [4.69, 9.17) is 22.8 Å². The molecular formula is C20H40NaO7S-. The van der Waals surface area contributed by atoms with Crippen LogP contribution in [0.4, 0.5) is 0 Å². The average Bonchev–Trinajstić information content (AvgIpc) is 2.66. The van der Waals surface area contributed by atoms with Crippen LogP contribution in [0, 0.1) is 11.8 Å². The zero-order valence-corrected chi connectivity index (χ0v) is 21.8. The minimum absolute atomic E-state index is 0. The normalized spacial score (nSPS) is 13.2. The van der Waals surface area contributed by atoms with Gasteiger partial charge in [0.05, 0.1) is 37.4 Å². The number of hydrogen-bond acceptors (Lipinski definition) is 6. The largest absolute Gasteiger partial charge is 1.00 e. The van der Waals surface area contributed by atoms with Crippen LogP contribution >= 0.6 is 0 Å². The van der Waals surface area contributed by atoms with Crippen molar-refractivity contribution < 1.29 is 63.4 Å². The van der Waals surface area contributed by atoms with Gasteiger partial charge in [0.2, 0.25) is 0 Å². The van der Waals surface area contributed by atoms with Gasteiger partial charge in [0.25, 0.3) is 0 Å². The van der Waals surface area contributed by atoms with E-state index >= 15 is 0 Å². The quantitative estimate of drug-likeness (QED) is 0.231. The fourth-order valence-electron chi connectivity index (χ4n) is 2.57. The van der Waals surface area contributed by atoms with Gasteiger partial charge in [0.1, 0.15) is 0 Å². The molecule has 0 bridgehead atoms. The van der Waals surface area contributed by atoms with Gasteiger partial charge in [0.15, 0.2) is 0 Å². The summed E-state index contributed by atoms with van der Waals surface area (Å²) in [7, 11) is 0. The van der Waals surface area contributed by atoms with E-state index in [-0.39, 0.29) is 55.8 Å². The van der Waals surface area contributed by atoms with Crippen LogP contribution in [0.2, 0.25) is 0 Å². The molecule has 0 fully saturated rings. The van der Waals surface area contributed by atoms with Gasteiger partial charge in [-0.1, -0.05) is 66.2 Å². The van der Waals surface area contributed by atoms with Gasteiger partial charge in [-0.3, -0.25) is 9.59 Å². The maximum absolute atomic E-state index is 11.7. The molecule has 0 amide bonds. The van der Waals surface area contributed by atoms with Gasteiger partial charge in [-0.2, -0.15) is 0 Å². The van der Waals surface area contributed by atoms with E-state index in [0.29, 0.717) is 25.0 Å². The SMILES string of the molecule is CCCCC(CC)COC(=O)CCC(=O)OCC(CC)CCCC.O=S([O-])O.[H-].[Na+]. The smallest absolute Gasteiger partial charge is 1.00 e. The fourth-order valence-corrected chi connectivity index (χ4v) is 2.57. The van der Waals surface area contributed by atoms with Crippen LogP contribution < -0.4 is 29.6 Å². The van der Waals surface area contributed by atoms with E-state index in [0.717, 1.165) is 38.5 Å². The van der Waals surface area contributed by atoms with Crippen molar-refractivity contribution >= 4 is 23.3 Å². The Kier molecular flexibility index (Phi) is 28.2. The first-order valence-corrected chi connectivity index (χ1v) is 11.4. The molecule has 0 saturated heterocycles. The summed E-state index contributed by atoms with van der Waals surface area (Å²) in [5, 5.41) is 0. The minimum Gasteiger partial charge on any atom is -1.00 e. The Labute approximate surface area is 203 Å². The van der Waals surface area contributed by atoms with Crippen molar-refractivity contribution in [1.29, 1.82) is 0 Å². The molecule has 0 aliphatic heterocycles. The Bertz CT molecular complexity index is 392. The monoisotopic (exact) mass is 447 g/mol. The van der Waals surface area contributed by atoms with E-state index in [1.807, 2.05) is 0 Å². The van der Waals surface area contributed by atoms with Gasteiger partial charge in [-0.15, -0.1) is 0 Å². The van der Waals surface area contributed by atoms with Crippen LogP contribution in [-0.4, -0.2) is 38.5 Å². The van der Waals surface area contributed by atoms with Crippen molar-refractivity contribution in [3.8, 4) is 0 Å². The molecule has 0 heterocycles. The van der Waals surface area contributed by atoms with Crippen LogP contribution in [0.15, 0.2) is 0 Å². The molecule has 0 aliphatic rings. The van der Waals surface area contributed by atoms with Crippen molar-refractivity contribution in [1.82, 2.24) is 0 Å². The summed E-state index contributed by atoms with van der Waals surface area (Å²) in [5.41, 5.74) is 0. The van der Waals surface area contributed by atoms with E-state index in [2.05, 4.69) is 27.7 Å². The van der Waals surface area contributed by atoms with Crippen LogP contribution in [0.5, 0.6) is 0 Å². The zero-order chi connectivity index (χ0) is 21.8. The van der Waals surface area contributed by atoms with Gasteiger partial charge in [0, 0.05) is 0 Å². The summed E-state index contributed by atoms with van der Waals surface area (Å²) in [6, 6.07) is 0. The Morgan fingerprint density at radius 1 is 0.897 bits per heavy atom. The third-order valence-corrected chi connectivity index (χ3v) is 4.58. The summed E-state index contributed by atoms with van der Waals surface area (Å²) < 4.78 is 34.7. The van der Waals surface area contributed by atoms with Crippen LogP contribution in [-0.2, 0) is 30.4 Å². The first-order valence-electron chi connectivity index (χ1n) is 10.4. The third kappa shape index (κ3) is 26.0. The van der Waals surface area contributed by atoms with E-state index in [9.17, 15) is 9.59 Å². The van der Waals surface area contributed by atoms with Crippen molar-refractivity contribution in [2.24, 2.45) is 11.8 Å². The molecule has 0 aromatic heterocycles. The summed E-state index contributed by atoms with van der Waals surface area (Å²) in [5.74, 6) is 0.286. The topological polar surface area (TPSA) is 113 Å². The summed E-state index contributed by atoms with van der Waals surface area (Å²) in [6.45, 7) is 9.51. The average molecular weight is 448 g/mol. The van der Waals surface area contributed by atoms with Gasteiger partial charge >= 0.3 is 41.5 Å². The van der Waals surface area contributed by atoms with Gasteiger partial charge in [-0.05, 0) is 24.7 Å². The van der Waals surface area contributed by atoms with Crippen molar-refractivity contribution in [2.45, 2.75) is 91.9 Å². The number of unbranched alkanes of at least 4 members (excludes halogenated alkanes) is 2. The molecule has 0 aliphatic carbocycles. The first kappa shape index (κ1) is 33.6. The molecule has 3 unspecified atom stereocenters. The summed E-state index contributed by atoms with van der Waals surface area (Å²) in [6.07, 6.45) is 9.12. The second-order valence-corrected chi connectivity index (χ2v) is 7.35. The van der Waals surface area contributed by atoms with Crippen LogP contribution in [0.1, 0.15) is 93.3 Å². The van der Waals surface area contributed by atoms with Crippen LogP contribution in [0.3, 0.4) is 0 Å². The first-order chi connectivity index (χ1) is 13.3. The Hall–Kier alpha value is 0.01000. The summed E-state index contributed by atoms with van der Waals surface area (Å²) >= 11 is -2.86. The zero-order valence-electron chi connectivity index (χ0n) is 19.9. The number of ether oxygens (including phenoxy) is 2. The van der Waals surface area contributed by atoms with E-state index < -0.39 is 11.4 Å². The Morgan fingerprint density at radius 3 is 1.45 bits per heavy atom. The molecule has 9 heteroatoms. The molecule has 0 aromatic carbocycles. The minimum atomic E-state index is -2.86. The number of rotatable bonds is 15. The van der Waals surface area contributed by atoms with Gasteiger partial charge in [-0.25, -0.2) is 4.21 Å². The second kappa shape index (κ2) is 24.3. The van der Waals surface area contributed by atoms with Crippen molar-refractivity contribution in [3.05, 3.63) is 0 Å². The van der Waals surface area contributed by atoms with E-state index in [1.54, 1.807) is 0 Å².